The zero-order valence-electron chi connectivity index (χ0n) is 10.2. The van der Waals surface area contributed by atoms with Crippen molar-refractivity contribution in [1.82, 2.24) is 20.6 Å². The third-order valence-electron chi connectivity index (χ3n) is 2.63. The molecule has 5 heteroatoms. The summed E-state index contributed by atoms with van der Waals surface area (Å²) in [6, 6.07) is 17.5. The molecule has 3 rings (SSSR count). The fraction of sp³-hybridized carbons (Fsp3) is 0.0714. The number of hydrogen-bond donors (Lipinski definition) is 1. The molecule has 0 bridgehead atoms. The average molecular weight is 252 g/mol. The smallest absolute Gasteiger partial charge is 0.178 e. The number of H-pyrrole nitrogens is 1. The molecule has 0 aliphatic rings. The largest absolute Gasteiger partial charge is 0.457 e. The lowest BCUT2D eigenvalue weighted by molar-refractivity contribution is 0.482. The maximum Gasteiger partial charge on any atom is 0.178 e. The Morgan fingerprint density at radius 2 is 1.79 bits per heavy atom. The summed E-state index contributed by atoms with van der Waals surface area (Å²) < 4.78 is 5.77. The SMILES string of the molecule is c1ccc(Oc2cccc(Cc3nn[nH]n3)c2)cc1. The number of tetrazole rings is 1. The Bertz CT molecular complexity index is 638. The van der Waals surface area contributed by atoms with E-state index >= 15 is 0 Å². The molecule has 0 saturated heterocycles. The van der Waals surface area contributed by atoms with Crippen LogP contribution in [0.1, 0.15) is 11.4 Å². The fourth-order valence-corrected chi connectivity index (χ4v) is 1.78. The van der Waals surface area contributed by atoms with Gasteiger partial charge >= 0.3 is 0 Å². The van der Waals surface area contributed by atoms with Gasteiger partial charge in [0.05, 0.1) is 0 Å². The second-order valence-electron chi connectivity index (χ2n) is 4.07. The van der Waals surface area contributed by atoms with Gasteiger partial charge in [-0.3, -0.25) is 0 Å². The maximum absolute atomic E-state index is 5.77. The highest BCUT2D eigenvalue weighted by atomic mass is 16.5. The van der Waals surface area contributed by atoms with E-state index in [9.17, 15) is 0 Å². The molecule has 5 nitrogen and oxygen atoms in total. The van der Waals surface area contributed by atoms with E-state index in [2.05, 4.69) is 20.6 Å². The first kappa shape index (κ1) is 11.4. The molecular weight excluding hydrogens is 240 g/mol. The van der Waals surface area contributed by atoms with Crippen molar-refractivity contribution in [2.24, 2.45) is 0 Å². The third-order valence-corrected chi connectivity index (χ3v) is 2.63. The summed E-state index contributed by atoms with van der Waals surface area (Å²) in [6.45, 7) is 0. The molecule has 0 radical (unpaired) electrons. The third kappa shape index (κ3) is 2.95. The minimum absolute atomic E-state index is 0.627. The van der Waals surface area contributed by atoms with E-state index < -0.39 is 0 Å². The van der Waals surface area contributed by atoms with Crippen LogP contribution in [0.2, 0.25) is 0 Å². The lowest BCUT2D eigenvalue weighted by Gasteiger charge is -2.06. The van der Waals surface area contributed by atoms with Gasteiger partial charge in [0.25, 0.3) is 0 Å². The van der Waals surface area contributed by atoms with Crippen molar-refractivity contribution in [3.63, 3.8) is 0 Å². The first-order valence-electron chi connectivity index (χ1n) is 5.94. The van der Waals surface area contributed by atoms with E-state index in [0.29, 0.717) is 12.2 Å². The highest BCUT2D eigenvalue weighted by Gasteiger charge is 2.03. The molecule has 0 fully saturated rings. The highest BCUT2D eigenvalue weighted by Crippen LogP contribution is 2.22. The summed E-state index contributed by atoms with van der Waals surface area (Å²) in [5.41, 5.74) is 1.08. The standard InChI is InChI=1S/C14H12N4O/c1-2-6-12(7-3-1)19-13-8-4-5-11(9-13)10-14-15-17-18-16-14/h1-9H,10H2,(H,15,16,17,18). The van der Waals surface area contributed by atoms with E-state index in [-0.39, 0.29) is 0 Å². The Hall–Kier alpha value is -2.69. The van der Waals surface area contributed by atoms with Crippen molar-refractivity contribution in [1.29, 1.82) is 0 Å². The van der Waals surface area contributed by atoms with Crippen LogP contribution in [0.15, 0.2) is 54.6 Å². The van der Waals surface area contributed by atoms with Gasteiger partial charge < -0.3 is 4.74 Å². The van der Waals surface area contributed by atoms with Crippen molar-refractivity contribution < 1.29 is 4.74 Å². The Morgan fingerprint density at radius 3 is 2.58 bits per heavy atom. The summed E-state index contributed by atoms with van der Waals surface area (Å²) >= 11 is 0. The minimum atomic E-state index is 0.627. The molecule has 94 valence electrons. The molecule has 0 atom stereocenters. The van der Waals surface area contributed by atoms with E-state index in [1.807, 2.05) is 54.6 Å². The van der Waals surface area contributed by atoms with Gasteiger partial charge in [0.1, 0.15) is 11.5 Å². The number of benzene rings is 2. The zero-order chi connectivity index (χ0) is 12.9. The van der Waals surface area contributed by atoms with Gasteiger partial charge in [-0.2, -0.15) is 5.21 Å². The van der Waals surface area contributed by atoms with Gasteiger partial charge in [-0.25, -0.2) is 0 Å². The molecule has 19 heavy (non-hydrogen) atoms. The Balaban J connectivity index is 1.76. The molecule has 2 aromatic carbocycles. The molecule has 0 spiro atoms. The van der Waals surface area contributed by atoms with Crippen molar-refractivity contribution in [3.05, 3.63) is 66.0 Å². The Labute approximate surface area is 110 Å². The minimum Gasteiger partial charge on any atom is -0.457 e. The number of rotatable bonds is 4. The van der Waals surface area contributed by atoms with E-state index in [0.717, 1.165) is 17.1 Å². The first-order chi connectivity index (χ1) is 9.40. The molecule has 3 aromatic rings. The molecule has 0 saturated carbocycles. The number of nitrogens with one attached hydrogen (secondary N) is 1. The number of aromatic nitrogens is 4. The molecule has 1 heterocycles. The zero-order valence-corrected chi connectivity index (χ0v) is 10.2. The van der Waals surface area contributed by atoms with E-state index in [1.165, 1.54) is 0 Å². The van der Waals surface area contributed by atoms with Crippen molar-refractivity contribution in [2.75, 3.05) is 0 Å². The molecule has 0 aliphatic carbocycles. The predicted molar refractivity (Wildman–Crippen MR) is 69.9 cm³/mol. The van der Waals surface area contributed by atoms with Crippen LogP contribution in [0.3, 0.4) is 0 Å². The quantitative estimate of drug-likeness (QED) is 0.775. The van der Waals surface area contributed by atoms with Crippen molar-refractivity contribution in [3.8, 4) is 11.5 Å². The van der Waals surface area contributed by atoms with Gasteiger partial charge in [0.2, 0.25) is 0 Å². The summed E-state index contributed by atoms with van der Waals surface area (Å²) in [5.74, 6) is 2.28. The van der Waals surface area contributed by atoms with Crippen LogP contribution in [0.5, 0.6) is 11.5 Å². The van der Waals surface area contributed by atoms with Gasteiger partial charge in [0, 0.05) is 6.42 Å². The summed E-state index contributed by atoms with van der Waals surface area (Å²) in [7, 11) is 0. The monoisotopic (exact) mass is 252 g/mol. The molecule has 0 aliphatic heterocycles. The number of hydrogen-bond acceptors (Lipinski definition) is 4. The fourth-order valence-electron chi connectivity index (χ4n) is 1.78. The highest BCUT2D eigenvalue weighted by molar-refractivity contribution is 5.34. The van der Waals surface area contributed by atoms with Crippen LogP contribution in [0, 0.1) is 0 Å². The Morgan fingerprint density at radius 1 is 0.947 bits per heavy atom. The van der Waals surface area contributed by atoms with Gasteiger partial charge in [-0.05, 0) is 29.8 Å². The number of aromatic amines is 1. The topological polar surface area (TPSA) is 63.7 Å². The average Bonchev–Trinajstić information content (AvgIpc) is 2.93. The van der Waals surface area contributed by atoms with Gasteiger partial charge in [0.15, 0.2) is 5.82 Å². The number of para-hydroxylation sites is 1. The molecule has 1 N–H and O–H groups in total. The maximum atomic E-state index is 5.77. The predicted octanol–water partition coefficient (Wildman–Crippen LogP) is 2.58. The molecular formula is C14H12N4O. The second kappa shape index (κ2) is 5.30. The Kier molecular flexibility index (Phi) is 3.18. The summed E-state index contributed by atoms with van der Waals surface area (Å²) in [6.07, 6.45) is 0.627. The van der Waals surface area contributed by atoms with Crippen LogP contribution in [0.4, 0.5) is 0 Å². The van der Waals surface area contributed by atoms with E-state index in [4.69, 9.17) is 4.74 Å². The van der Waals surface area contributed by atoms with Crippen LogP contribution in [-0.4, -0.2) is 20.6 Å². The summed E-state index contributed by atoms with van der Waals surface area (Å²) in [5, 5.41) is 13.9. The van der Waals surface area contributed by atoms with Crippen molar-refractivity contribution >= 4 is 0 Å². The van der Waals surface area contributed by atoms with Crippen molar-refractivity contribution in [2.45, 2.75) is 6.42 Å². The number of ether oxygens (including phenoxy) is 1. The summed E-state index contributed by atoms with van der Waals surface area (Å²) in [4.78, 5) is 0. The van der Waals surface area contributed by atoms with Gasteiger partial charge in [-0.1, -0.05) is 35.5 Å². The normalized spacial score (nSPS) is 10.3. The van der Waals surface area contributed by atoms with Crippen LogP contribution >= 0.6 is 0 Å². The first-order valence-corrected chi connectivity index (χ1v) is 5.94. The molecule has 0 amide bonds. The van der Waals surface area contributed by atoms with E-state index in [1.54, 1.807) is 0 Å². The lowest BCUT2D eigenvalue weighted by atomic mass is 10.1. The van der Waals surface area contributed by atoms with Crippen LogP contribution in [-0.2, 0) is 6.42 Å². The van der Waals surface area contributed by atoms with Crippen LogP contribution < -0.4 is 4.74 Å². The second-order valence-corrected chi connectivity index (χ2v) is 4.07. The molecule has 1 aromatic heterocycles. The lowest BCUT2D eigenvalue weighted by Crippen LogP contribution is -1.92. The molecule has 0 unspecified atom stereocenters. The van der Waals surface area contributed by atoms with Crippen LogP contribution in [0.25, 0.3) is 0 Å². The number of nitrogens with zero attached hydrogens (tertiary/aromatic N) is 3. The van der Waals surface area contributed by atoms with Gasteiger partial charge in [-0.15, -0.1) is 10.2 Å².